The Morgan fingerprint density at radius 3 is 1.76 bits per heavy atom. The third-order valence-electron chi connectivity index (χ3n) is 3.76. The van der Waals surface area contributed by atoms with E-state index in [9.17, 15) is 24.6 Å². The van der Waals surface area contributed by atoms with Gasteiger partial charge in [-0.1, -0.05) is 0 Å². The zero-order valence-electron chi connectivity index (χ0n) is 12.0. The lowest BCUT2D eigenvalue weighted by Gasteiger charge is -2.22. The summed E-state index contributed by atoms with van der Waals surface area (Å²) in [6, 6.07) is 1.75. The molecule has 1 rings (SSSR count). The summed E-state index contributed by atoms with van der Waals surface area (Å²) in [5.74, 6) is -1.00. The number of nitro benzene ring substituents is 2. The van der Waals surface area contributed by atoms with Crippen molar-refractivity contribution in [2.45, 2.75) is 20.8 Å². The highest BCUT2D eigenvalue weighted by molar-refractivity contribution is 7.83. The summed E-state index contributed by atoms with van der Waals surface area (Å²) in [4.78, 5) is 20.3. The maximum atomic E-state index is 13.8. The Kier molecular flexibility index (Phi) is 6.76. The molecule has 0 aliphatic carbocycles. The second-order valence-electron chi connectivity index (χ2n) is 4.40. The van der Waals surface area contributed by atoms with Crippen molar-refractivity contribution in [2.75, 3.05) is 18.5 Å². The van der Waals surface area contributed by atoms with Crippen LogP contribution in [0.4, 0.5) is 15.8 Å². The van der Waals surface area contributed by atoms with Crippen molar-refractivity contribution in [3.05, 3.63) is 38.2 Å². The number of benzene rings is 1. The molecule has 0 aromatic heterocycles. The van der Waals surface area contributed by atoms with Gasteiger partial charge in [-0.3, -0.25) is 20.2 Å². The molecule has 0 heterocycles. The fourth-order valence-electron chi connectivity index (χ4n) is 2.39. The number of halogens is 2. The van der Waals surface area contributed by atoms with Crippen molar-refractivity contribution in [3.8, 4) is 0 Å². The first-order valence-corrected chi connectivity index (χ1v) is 8.66. The fourth-order valence-corrected chi connectivity index (χ4v) is 5.77. The SMILES string of the molecule is CC[P+](CC)(CC)c1cc(F)c([N+](=O)[O-])cc1[N+](=O)[O-].[F-]. The monoisotopic (exact) mass is 322 g/mol. The largest absolute Gasteiger partial charge is 1.00 e. The first-order valence-electron chi connectivity index (χ1n) is 6.31. The lowest BCUT2D eigenvalue weighted by atomic mass is 10.2. The van der Waals surface area contributed by atoms with E-state index in [-0.39, 0.29) is 10.4 Å². The normalized spacial score (nSPS) is 10.9. The molecule has 0 aliphatic rings. The van der Waals surface area contributed by atoms with Crippen LogP contribution >= 0.6 is 7.26 Å². The Morgan fingerprint density at radius 1 is 1.00 bits per heavy atom. The highest BCUT2D eigenvalue weighted by Gasteiger charge is 2.42. The summed E-state index contributed by atoms with van der Waals surface area (Å²) in [5, 5.41) is 22.2. The van der Waals surface area contributed by atoms with Gasteiger partial charge >= 0.3 is 11.4 Å². The number of hydrogen-bond donors (Lipinski definition) is 0. The summed E-state index contributed by atoms with van der Waals surface area (Å²) in [7, 11) is -1.86. The van der Waals surface area contributed by atoms with Gasteiger partial charge in [-0.05, 0) is 20.8 Å². The van der Waals surface area contributed by atoms with Crippen LogP contribution in [0.2, 0.25) is 0 Å². The van der Waals surface area contributed by atoms with Crippen LogP contribution in [0.15, 0.2) is 12.1 Å². The maximum absolute atomic E-state index is 13.8. The van der Waals surface area contributed by atoms with E-state index in [0.717, 1.165) is 12.1 Å². The van der Waals surface area contributed by atoms with E-state index in [1.54, 1.807) is 0 Å². The number of nitro groups is 2. The minimum atomic E-state index is -1.86. The molecule has 6 nitrogen and oxygen atoms in total. The van der Waals surface area contributed by atoms with E-state index in [1.165, 1.54) is 0 Å². The zero-order valence-corrected chi connectivity index (χ0v) is 12.9. The minimum absolute atomic E-state index is 0. The van der Waals surface area contributed by atoms with E-state index < -0.39 is 28.6 Å². The average Bonchev–Trinajstić information content (AvgIpc) is 2.40. The molecule has 0 atom stereocenters. The molecular weight excluding hydrogens is 305 g/mol. The summed E-state index contributed by atoms with van der Waals surface area (Å²) in [6.07, 6.45) is 2.12. The van der Waals surface area contributed by atoms with Crippen molar-refractivity contribution >= 4 is 23.9 Å². The van der Waals surface area contributed by atoms with Crippen LogP contribution < -0.4 is 10.0 Å². The smallest absolute Gasteiger partial charge is 0.318 e. The third kappa shape index (κ3) is 3.50. The Morgan fingerprint density at radius 2 is 1.43 bits per heavy atom. The summed E-state index contributed by atoms with van der Waals surface area (Å²) >= 11 is 0. The second-order valence-corrected chi connectivity index (χ2v) is 9.07. The molecular formula is C12H17F2N2O4P. The highest BCUT2D eigenvalue weighted by Crippen LogP contribution is 2.58. The maximum Gasteiger partial charge on any atom is 0.318 e. The molecule has 0 saturated carbocycles. The molecule has 118 valence electrons. The predicted molar refractivity (Wildman–Crippen MR) is 77.9 cm³/mol. The molecule has 0 saturated heterocycles. The van der Waals surface area contributed by atoms with Gasteiger partial charge in [0.05, 0.1) is 35.6 Å². The summed E-state index contributed by atoms with van der Waals surface area (Å²) < 4.78 is 13.8. The molecule has 1 aromatic rings. The van der Waals surface area contributed by atoms with Gasteiger partial charge in [-0.2, -0.15) is 4.39 Å². The molecule has 0 spiro atoms. The second kappa shape index (κ2) is 7.36. The fraction of sp³-hybridized carbons (Fsp3) is 0.500. The van der Waals surface area contributed by atoms with Crippen molar-refractivity contribution in [2.24, 2.45) is 0 Å². The van der Waals surface area contributed by atoms with E-state index in [0.29, 0.717) is 23.8 Å². The van der Waals surface area contributed by atoms with Crippen molar-refractivity contribution in [3.63, 3.8) is 0 Å². The van der Waals surface area contributed by atoms with Crippen LogP contribution in [0.25, 0.3) is 0 Å². The van der Waals surface area contributed by atoms with Gasteiger partial charge in [0.2, 0.25) is 5.82 Å². The van der Waals surface area contributed by atoms with Crippen LogP contribution in [0, 0.1) is 26.0 Å². The quantitative estimate of drug-likeness (QED) is 0.429. The summed E-state index contributed by atoms with van der Waals surface area (Å²) in [6.45, 7) is 5.76. The molecule has 21 heavy (non-hydrogen) atoms. The van der Waals surface area contributed by atoms with Crippen LogP contribution in [0.3, 0.4) is 0 Å². The van der Waals surface area contributed by atoms with Crippen LogP contribution in [0.5, 0.6) is 0 Å². The van der Waals surface area contributed by atoms with Crippen molar-refractivity contribution < 1.29 is 18.9 Å². The van der Waals surface area contributed by atoms with E-state index >= 15 is 0 Å². The Hall–Kier alpha value is -1.69. The number of hydrogen-bond acceptors (Lipinski definition) is 4. The predicted octanol–water partition coefficient (Wildman–Crippen LogP) is 0.349. The molecule has 1 aromatic carbocycles. The summed E-state index contributed by atoms with van der Waals surface area (Å²) in [5.41, 5.74) is -1.18. The lowest BCUT2D eigenvalue weighted by molar-refractivity contribution is -0.395. The lowest BCUT2D eigenvalue weighted by Crippen LogP contribution is -3.00. The first kappa shape index (κ1) is 19.3. The molecule has 0 fully saturated rings. The highest BCUT2D eigenvalue weighted by atomic mass is 31.2. The van der Waals surface area contributed by atoms with E-state index in [2.05, 4.69) is 0 Å². The van der Waals surface area contributed by atoms with Crippen LogP contribution in [-0.4, -0.2) is 28.3 Å². The van der Waals surface area contributed by atoms with Gasteiger partial charge in [0.25, 0.3) is 0 Å². The average molecular weight is 322 g/mol. The number of nitrogens with zero attached hydrogens (tertiary/aromatic N) is 2. The molecule has 9 heteroatoms. The van der Waals surface area contributed by atoms with Gasteiger partial charge in [0, 0.05) is 6.07 Å². The Balaban J connectivity index is 0.00000400. The van der Waals surface area contributed by atoms with Gasteiger partial charge in [-0.25, -0.2) is 0 Å². The first-order chi connectivity index (χ1) is 9.32. The molecule has 0 radical (unpaired) electrons. The Bertz CT molecular complexity index is 542. The third-order valence-corrected chi connectivity index (χ3v) is 8.78. The standard InChI is InChI=1S/C12H17FN2O4P.FH/c1-4-20(5-2,6-3)12-7-9(13)10(14(16)17)8-11(12)15(18)19;/h7-8H,4-6H2,1-3H3;1H/q+1;/p-1. The van der Waals surface area contributed by atoms with Crippen molar-refractivity contribution in [1.82, 2.24) is 0 Å². The van der Waals surface area contributed by atoms with E-state index in [1.807, 2.05) is 20.8 Å². The van der Waals surface area contributed by atoms with Gasteiger partial charge in [0.15, 0.2) is 5.30 Å². The van der Waals surface area contributed by atoms with E-state index in [4.69, 9.17) is 0 Å². The molecule has 0 amide bonds. The molecule has 0 unspecified atom stereocenters. The van der Waals surface area contributed by atoms with Gasteiger partial charge in [-0.15, -0.1) is 0 Å². The molecule has 0 N–H and O–H groups in total. The number of rotatable bonds is 6. The minimum Gasteiger partial charge on any atom is -1.00 e. The van der Waals surface area contributed by atoms with Crippen LogP contribution in [-0.2, 0) is 0 Å². The van der Waals surface area contributed by atoms with Gasteiger partial charge in [0.1, 0.15) is 6.07 Å². The zero-order chi connectivity index (χ0) is 15.5. The van der Waals surface area contributed by atoms with Crippen molar-refractivity contribution in [1.29, 1.82) is 0 Å². The Labute approximate surface area is 121 Å². The molecule has 0 aliphatic heterocycles. The van der Waals surface area contributed by atoms with Gasteiger partial charge < -0.3 is 4.70 Å². The van der Waals surface area contributed by atoms with Crippen LogP contribution in [0.1, 0.15) is 20.8 Å². The topological polar surface area (TPSA) is 86.3 Å². The molecule has 0 bridgehead atoms.